The molecule has 1 unspecified atom stereocenters. The Kier molecular flexibility index (Phi) is 5.02. The maximum Gasteiger partial charge on any atom is 0.256 e. The molecule has 2 aromatic rings. The number of furan rings is 1. The fourth-order valence-electron chi connectivity index (χ4n) is 2.93. The molecule has 25 heavy (non-hydrogen) atoms. The average Bonchev–Trinajstić information content (AvgIpc) is 3.30. The Labute approximate surface area is 146 Å². The van der Waals surface area contributed by atoms with Crippen LogP contribution in [0.25, 0.3) is 0 Å². The summed E-state index contributed by atoms with van der Waals surface area (Å²) in [6.45, 7) is 0.899. The van der Waals surface area contributed by atoms with Crippen LogP contribution < -0.4 is 10.2 Å². The van der Waals surface area contributed by atoms with Crippen LogP contribution in [0.2, 0.25) is 0 Å². The first-order valence-corrected chi connectivity index (χ1v) is 8.30. The zero-order chi connectivity index (χ0) is 17.8. The van der Waals surface area contributed by atoms with Crippen LogP contribution in [0, 0.1) is 0 Å². The Morgan fingerprint density at radius 1 is 1.36 bits per heavy atom. The number of hydrogen-bond donors (Lipinski definition) is 1. The van der Waals surface area contributed by atoms with Gasteiger partial charge in [0.15, 0.2) is 0 Å². The first kappa shape index (κ1) is 17.0. The smallest absolute Gasteiger partial charge is 0.256 e. The number of nitrogens with zero attached hydrogens (tertiary/aromatic N) is 3. The number of amides is 2. The molecule has 132 valence electrons. The number of carbonyl (C=O) groups excluding carboxylic acids is 2. The number of nitrogens with one attached hydrogen (secondary N) is 1. The second-order valence-corrected chi connectivity index (χ2v) is 6.25. The van der Waals surface area contributed by atoms with E-state index in [2.05, 4.69) is 10.3 Å². The Balaban J connectivity index is 1.65. The molecular formula is C18H22N4O3. The molecule has 0 aliphatic carbocycles. The average molecular weight is 342 g/mol. The Morgan fingerprint density at radius 2 is 2.20 bits per heavy atom. The first-order chi connectivity index (χ1) is 12.1. The maximum absolute atomic E-state index is 12.7. The summed E-state index contributed by atoms with van der Waals surface area (Å²) in [5.74, 6) is 1.16. The lowest BCUT2D eigenvalue weighted by atomic mass is 10.2. The highest BCUT2D eigenvalue weighted by Crippen LogP contribution is 2.21. The van der Waals surface area contributed by atoms with E-state index in [0.29, 0.717) is 30.8 Å². The zero-order valence-electron chi connectivity index (χ0n) is 14.4. The van der Waals surface area contributed by atoms with E-state index in [-0.39, 0.29) is 11.8 Å². The van der Waals surface area contributed by atoms with Crippen molar-refractivity contribution in [2.45, 2.75) is 25.4 Å². The minimum Gasteiger partial charge on any atom is -0.467 e. The molecule has 1 fully saturated rings. The van der Waals surface area contributed by atoms with Crippen LogP contribution in [0.1, 0.15) is 29.0 Å². The number of rotatable bonds is 5. The van der Waals surface area contributed by atoms with Crippen LogP contribution in [-0.2, 0) is 11.3 Å². The van der Waals surface area contributed by atoms with Gasteiger partial charge in [0.1, 0.15) is 17.6 Å². The highest BCUT2D eigenvalue weighted by molar-refractivity contribution is 5.97. The van der Waals surface area contributed by atoms with Gasteiger partial charge < -0.3 is 19.5 Å². The minimum absolute atomic E-state index is 0.153. The second kappa shape index (κ2) is 7.38. The maximum atomic E-state index is 12.7. The monoisotopic (exact) mass is 342 g/mol. The molecule has 0 radical (unpaired) electrons. The Bertz CT molecular complexity index is 725. The van der Waals surface area contributed by atoms with Crippen LogP contribution in [0.15, 0.2) is 41.1 Å². The third-order valence-electron chi connectivity index (χ3n) is 4.29. The summed E-state index contributed by atoms with van der Waals surface area (Å²) >= 11 is 0. The standard InChI is InChI=1S/C18H22N4O3/c1-21(2)16-8-7-13(11-19-16)18(24)22-9-3-6-15(22)17(23)20-12-14-5-4-10-25-14/h4-5,7-8,10-11,15H,3,6,9,12H2,1-2H3,(H,20,23). The number of likely N-dealkylation sites (tertiary alicyclic amines) is 1. The van der Waals surface area contributed by atoms with Gasteiger partial charge in [0, 0.05) is 26.8 Å². The van der Waals surface area contributed by atoms with Crippen molar-refractivity contribution in [2.24, 2.45) is 0 Å². The number of pyridine rings is 1. The lowest BCUT2D eigenvalue weighted by molar-refractivity contribution is -0.125. The normalized spacial score (nSPS) is 16.7. The van der Waals surface area contributed by atoms with E-state index in [1.807, 2.05) is 19.0 Å². The summed E-state index contributed by atoms with van der Waals surface area (Å²) < 4.78 is 5.21. The fraction of sp³-hybridized carbons (Fsp3) is 0.389. The summed E-state index contributed by atoms with van der Waals surface area (Å²) in [6.07, 6.45) is 4.61. The third-order valence-corrected chi connectivity index (χ3v) is 4.29. The van der Waals surface area contributed by atoms with Gasteiger partial charge in [-0.2, -0.15) is 0 Å². The molecule has 0 bridgehead atoms. The molecule has 3 heterocycles. The van der Waals surface area contributed by atoms with E-state index >= 15 is 0 Å². The second-order valence-electron chi connectivity index (χ2n) is 6.25. The van der Waals surface area contributed by atoms with Crippen LogP contribution in [-0.4, -0.2) is 48.4 Å². The Hall–Kier alpha value is -2.83. The molecule has 2 amide bonds. The molecule has 1 aliphatic heterocycles. The predicted octanol–water partition coefficient (Wildman–Crippen LogP) is 1.66. The van der Waals surface area contributed by atoms with Crippen LogP contribution >= 0.6 is 0 Å². The third kappa shape index (κ3) is 3.81. The summed E-state index contributed by atoms with van der Waals surface area (Å²) in [5.41, 5.74) is 0.497. The molecule has 2 aromatic heterocycles. The molecule has 0 aromatic carbocycles. The molecule has 1 saturated heterocycles. The highest BCUT2D eigenvalue weighted by atomic mass is 16.3. The van der Waals surface area contributed by atoms with Crippen molar-refractivity contribution < 1.29 is 14.0 Å². The van der Waals surface area contributed by atoms with Crippen molar-refractivity contribution in [3.8, 4) is 0 Å². The van der Waals surface area contributed by atoms with Crippen LogP contribution in [0.4, 0.5) is 5.82 Å². The van der Waals surface area contributed by atoms with Crippen molar-refractivity contribution in [2.75, 3.05) is 25.5 Å². The van der Waals surface area contributed by atoms with E-state index in [0.717, 1.165) is 12.2 Å². The van der Waals surface area contributed by atoms with Crippen molar-refractivity contribution in [1.29, 1.82) is 0 Å². The zero-order valence-corrected chi connectivity index (χ0v) is 14.4. The van der Waals surface area contributed by atoms with Crippen molar-refractivity contribution in [1.82, 2.24) is 15.2 Å². The van der Waals surface area contributed by atoms with Crippen LogP contribution in [0.3, 0.4) is 0 Å². The van der Waals surface area contributed by atoms with Gasteiger partial charge in [-0.1, -0.05) is 0 Å². The van der Waals surface area contributed by atoms with Gasteiger partial charge in [-0.05, 0) is 37.1 Å². The van der Waals surface area contributed by atoms with Gasteiger partial charge in [0.2, 0.25) is 5.91 Å². The predicted molar refractivity (Wildman–Crippen MR) is 93.2 cm³/mol. The largest absolute Gasteiger partial charge is 0.467 e. The van der Waals surface area contributed by atoms with E-state index in [1.165, 1.54) is 0 Å². The molecule has 1 N–H and O–H groups in total. The topological polar surface area (TPSA) is 78.7 Å². The van der Waals surface area contributed by atoms with Gasteiger partial charge in [-0.3, -0.25) is 9.59 Å². The number of aromatic nitrogens is 1. The number of hydrogen-bond acceptors (Lipinski definition) is 5. The molecular weight excluding hydrogens is 320 g/mol. The van der Waals surface area contributed by atoms with E-state index < -0.39 is 6.04 Å². The summed E-state index contributed by atoms with van der Waals surface area (Å²) in [4.78, 5) is 33.0. The van der Waals surface area contributed by atoms with Crippen molar-refractivity contribution >= 4 is 17.6 Å². The molecule has 3 rings (SSSR count). The van der Waals surface area contributed by atoms with Gasteiger partial charge in [-0.25, -0.2) is 4.98 Å². The van der Waals surface area contributed by atoms with Gasteiger partial charge in [-0.15, -0.1) is 0 Å². The van der Waals surface area contributed by atoms with Crippen LogP contribution in [0.5, 0.6) is 0 Å². The quantitative estimate of drug-likeness (QED) is 0.894. The summed E-state index contributed by atoms with van der Waals surface area (Å²) in [7, 11) is 3.79. The lowest BCUT2D eigenvalue weighted by Crippen LogP contribution is -2.45. The molecule has 7 heteroatoms. The SMILES string of the molecule is CN(C)c1ccc(C(=O)N2CCCC2C(=O)NCc2ccco2)cn1. The number of carbonyl (C=O) groups is 2. The lowest BCUT2D eigenvalue weighted by Gasteiger charge is -2.24. The molecule has 0 saturated carbocycles. The number of anilines is 1. The molecule has 0 spiro atoms. The van der Waals surface area contributed by atoms with E-state index in [4.69, 9.17) is 4.42 Å². The fourth-order valence-corrected chi connectivity index (χ4v) is 2.93. The summed E-state index contributed by atoms with van der Waals surface area (Å²) in [6, 6.07) is 6.68. The minimum atomic E-state index is -0.448. The first-order valence-electron chi connectivity index (χ1n) is 8.30. The molecule has 7 nitrogen and oxygen atoms in total. The van der Waals surface area contributed by atoms with Gasteiger partial charge in [0.25, 0.3) is 5.91 Å². The van der Waals surface area contributed by atoms with Gasteiger partial charge in [0.05, 0.1) is 18.4 Å². The molecule has 1 atom stereocenters. The summed E-state index contributed by atoms with van der Waals surface area (Å²) in [5, 5.41) is 2.84. The van der Waals surface area contributed by atoms with Gasteiger partial charge >= 0.3 is 0 Å². The highest BCUT2D eigenvalue weighted by Gasteiger charge is 2.34. The van der Waals surface area contributed by atoms with E-state index in [1.54, 1.807) is 41.6 Å². The van der Waals surface area contributed by atoms with E-state index in [9.17, 15) is 9.59 Å². The molecule has 1 aliphatic rings. The Morgan fingerprint density at radius 3 is 2.84 bits per heavy atom. The van der Waals surface area contributed by atoms with Crippen molar-refractivity contribution in [3.63, 3.8) is 0 Å². The van der Waals surface area contributed by atoms with Crippen molar-refractivity contribution in [3.05, 3.63) is 48.0 Å².